The number of nitrogens with zero attached hydrogens (tertiary/aromatic N) is 1. The smallest absolute Gasteiger partial charge is 0.287 e. The summed E-state index contributed by atoms with van der Waals surface area (Å²) in [6.07, 6.45) is 3.43. The van der Waals surface area contributed by atoms with Gasteiger partial charge in [0.25, 0.3) is 11.6 Å². The number of rotatable bonds is 5. The van der Waals surface area contributed by atoms with Gasteiger partial charge in [0.2, 0.25) is 5.78 Å². The van der Waals surface area contributed by atoms with Gasteiger partial charge >= 0.3 is 0 Å². The highest BCUT2D eigenvalue weighted by molar-refractivity contribution is 9.10. The summed E-state index contributed by atoms with van der Waals surface area (Å²) >= 11 is 15.6. The van der Waals surface area contributed by atoms with Crippen molar-refractivity contribution in [3.63, 3.8) is 0 Å². The summed E-state index contributed by atoms with van der Waals surface area (Å²) in [6, 6.07) is 1.49. The van der Waals surface area contributed by atoms with Gasteiger partial charge in [0.05, 0.1) is 10.0 Å². The summed E-state index contributed by atoms with van der Waals surface area (Å²) in [5.74, 6) is -0.201. The number of likely N-dealkylation sites (N-methyl/N-ethyl adjacent to an activating group) is 1. The Labute approximate surface area is 176 Å². The van der Waals surface area contributed by atoms with Gasteiger partial charge in [-0.05, 0) is 40.8 Å². The van der Waals surface area contributed by atoms with Gasteiger partial charge in [0, 0.05) is 12.6 Å². The van der Waals surface area contributed by atoms with Crippen molar-refractivity contribution in [3.8, 4) is 11.5 Å². The predicted octanol–water partition coefficient (Wildman–Crippen LogP) is 4.96. The van der Waals surface area contributed by atoms with E-state index in [4.69, 9.17) is 27.9 Å². The number of amides is 1. The average molecular weight is 477 g/mol. The van der Waals surface area contributed by atoms with Gasteiger partial charge < -0.3 is 9.84 Å². The summed E-state index contributed by atoms with van der Waals surface area (Å²) in [6.45, 7) is 4.31. The maximum atomic E-state index is 13.2. The Hall–Kier alpha value is -1.24. The Morgan fingerprint density at radius 2 is 2.04 bits per heavy atom. The van der Waals surface area contributed by atoms with Gasteiger partial charge in [-0.15, -0.1) is 0 Å². The minimum Gasteiger partial charge on any atom is -0.506 e. The summed E-state index contributed by atoms with van der Waals surface area (Å²) in [5, 5.41) is 10.2. The molecule has 1 aromatic carbocycles. The predicted molar refractivity (Wildman–Crippen MR) is 107 cm³/mol. The molecule has 0 aliphatic carbocycles. The first kappa shape index (κ1) is 20.5. The second kappa shape index (κ2) is 7.30. The minimum absolute atomic E-state index is 0.0286. The number of hydrogen-bond acceptors (Lipinski definition) is 4. The van der Waals surface area contributed by atoms with Crippen LogP contribution in [-0.2, 0) is 11.2 Å². The molecule has 1 aromatic rings. The quantitative estimate of drug-likeness (QED) is 0.652. The molecule has 27 heavy (non-hydrogen) atoms. The largest absolute Gasteiger partial charge is 0.506 e. The second-order valence-corrected chi connectivity index (χ2v) is 8.65. The number of carbonyl (C=O) groups is 2. The average Bonchev–Trinajstić information content (AvgIpc) is 3.02. The molecular formula is C19H20BrCl2NO4. The topological polar surface area (TPSA) is 66.8 Å². The van der Waals surface area contributed by atoms with Crippen LogP contribution in [0.3, 0.4) is 0 Å². The van der Waals surface area contributed by atoms with Crippen LogP contribution in [0, 0.1) is 5.92 Å². The molecule has 2 aliphatic heterocycles. The number of halogens is 3. The molecule has 146 valence electrons. The van der Waals surface area contributed by atoms with E-state index in [2.05, 4.69) is 29.8 Å². The monoisotopic (exact) mass is 475 g/mol. The molecule has 1 spiro atoms. The van der Waals surface area contributed by atoms with Crippen molar-refractivity contribution in [2.75, 3.05) is 7.05 Å². The number of aromatic hydroxyl groups is 1. The van der Waals surface area contributed by atoms with Crippen LogP contribution in [0.2, 0.25) is 0 Å². The van der Waals surface area contributed by atoms with Crippen LogP contribution in [0.15, 0.2) is 20.6 Å². The molecule has 0 saturated heterocycles. The molecule has 5 nitrogen and oxygen atoms in total. The molecule has 3 rings (SSSR count). The van der Waals surface area contributed by atoms with Crippen molar-refractivity contribution >= 4 is 50.8 Å². The molecule has 0 saturated carbocycles. The summed E-state index contributed by atoms with van der Waals surface area (Å²) in [5.41, 5.74) is -1.000. The van der Waals surface area contributed by atoms with Crippen LogP contribution in [0.5, 0.6) is 11.5 Å². The molecule has 8 heteroatoms. The lowest BCUT2D eigenvalue weighted by atomic mass is 9.96. The number of hydrogen-bond donors (Lipinski definition) is 1. The number of Topliss-reactive ketones (excluding diaryl/α,β-unsaturated/α-hetero) is 1. The van der Waals surface area contributed by atoms with Crippen LogP contribution in [0.4, 0.5) is 0 Å². The maximum absolute atomic E-state index is 13.2. The summed E-state index contributed by atoms with van der Waals surface area (Å²) < 4.78 is 6.38. The summed E-state index contributed by atoms with van der Waals surface area (Å²) in [4.78, 5) is 26.5. The first-order valence-corrected chi connectivity index (χ1v) is 10.3. The van der Waals surface area contributed by atoms with Crippen molar-refractivity contribution in [1.82, 2.24) is 4.90 Å². The molecular weight excluding hydrogens is 457 g/mol. The number of ketones is 1. The fourth-order valence-corrected chi connectivity index (χ4v) is 4.50. The highest BCUT2D eigenvalue weighted by atomic mass is 79.9. The van der Waals surface area contributed by atoms with Crippen molar-refractivity contribution in [1.29, 1.82) is 0 Å². The van der Waals surface area contributed by atoms with E-state index in [9.17, 15) is 14.7 Å². The van der Waals surface area contributed by atoms with E-state index in [0.29, 0.717) is 22.4 Å². The van der Waals surface area contributed by atoms with Crippen LogP contribution < -0.4 is 4.74 Å². The lowest BCUT2D eigenvalue weighted by Crippen LogP contribution is -2.53. The SMILES string of the molecule is CC[C@H](C)CCCc1c(O)c(Br)cc2c1O[C@]1(C2=O)C(Cl)=C(Cl)C(=O)N1C. The van der Waals surface area contributed by atoms with E-state index < -0.39 is 17.4 Å². The molecule has 1 N–H and O–H groups in total. The highest BCUT2D eigenvalue weighted by Crippen LogP contribution is 2.52. The van der Waals surface area contributed by atoms with E-state index in [1.54, 1.807) is 0 Å². The van der Waals surface area contributed by atoms with Crippen LogP contribution in [-0.4, -0.2) is 34.5 Å². The van der Waals surface area contributed by atoms with Gasteiger partial charge in [-0.2, -0.15) is 0 Å². The Bertz CT molecular complexity index is 870. The molecule has 0 aromatic heterocycles. The Kier molecular flexibility index (Phi) is 5.54. The normalized spacial score (nSPS) is 22.7. The Morgan fingerprint density at radius 3 is 2.59 bits per heavy atom. The lowest BCUT2D eigenvalue weighted by Gasteiger charge is -2.30. The fourth-order valence-electron chi connectivity index (χ4n) is 3.45. The molecule has 0 fully saturated rings. The van der Waals surface area contributed by atoms with Gasteiger partial charge in [-0.1, -0.05) is 49.9 Å². The fraction of sp³-hybridized carbons (Fsp3) is 0.474. The standard InChI is InChI=1S/C19H20BrCl2NO4/c1-4-9(2)6-5-7-10-14(24)12(20)8-11-15(10)27-19(17(11)25)16(22)13(21)18(26)23(19)3/h8-9,24H,4-7H2,1-3H3/t9-,19-/m0/s1. The van der Waals surface area contributed by atoms with Crippen LogP contribution >= 0.6 is 39.1 Å². The second-order valence-electron chi connectivity index (χ2n) is 7.04. The molecule has 0 bridgehead atoms. The molecule has 2 atom stereocenters. The zero-order chi connectivity index (χ0) is 20.1. The molecule has 0 unspecified atom stereocenters. The van der Waals surface area contributed by atoms with Crippen molar-refractivity contribution < 1.29 is 19.4 Å². The Morgan fingerprint density at radius 1 is 1.37 bits per heavy atom. The van der Waals surface area contributed by atoms with E-state index in [-0.39, 0.29) is 27.1 Å². The van der Waals surface area contributed by atoms with E-state index in [0.717, 1.165) is 24.2 Å². The number of benzene rings is 1. The van der Waals surface area contributed by atoms with E-state index in [1.165, 1.54) is 13.1 Å². The maximum Gasteiger partial charge on any atom is 0.287 e. The van der Waals surface area contributed by atoms with Gasteiger partial charge in [-0.25, -0.2) is 0 Å². The summed E-state index contributed by atoms with van der Waals surface area (Å²) in [7, 11) is 1.42. The number of carbonyl (C=O) groups excluding carboxylic acids is 2. The van der Waals surface area contributed by atoms with Crippen LogP contribution in [0.25, 0.3) is 0 Å². The van der Waals surface area contributed by atoms with E-state index in [1.807, 2.05) is 0 Å². The minimum atomic E-state index is -1.79. The molecule has 2 heterocycles. The number of fused-ring (bicyclic) bond motifs is 1. The van der Waals surface area contributed by atoms with Crippen molar-refractivity contribution in [2.45, 2.75) is 45.3 Å². The molecule has 2 aliphatic rings. The first-order valence-electron chi connectivity index (χ1n) is 8.78. The van der Waals surface area contributed by atoms with Crippen molar-refractivity contribution in [2.24, 2.45) is 5.92 Å². The zero-order valence-corrected chi connectivity index (χ0v) is 18.3. The third kappa shape index (κ3) is 2.97. The van der Waals surface area contributed by atoms with Gasteiger partial charge in [0.1, 0.15) is 21.6 Å². The molecule has 1 amide bonds. The highest BCUT2D eigenvalue weighted by Gasteiger charge is 2.61. The first-order chi connectivity index (χ1) is 12.7. The number of ether oxygens (including phenoxy) is 1. The zero-order valence-electron chi connectivity index (χ0n) is 15.2. The third-order valence-electron chi connectivity index (χ3n) is 5.38. The number of phenolic OH excluding ortho intramolecular Hbond substituents is 1. The van der Waals surface area contributed by atoms with Gasteiger partial charge in [-0.3, -0.25) is 14.5 Å². The van der Waals surface area contributed by atoms with Crippen LogP contribution in [0.1, 0.15) is 49.0 Å². The number of phenols is 1. The van der Waals surface area contributed by atoms with E-state index >= 15 is 0 Å². The lowest BCUT2D eigenvalue weighted by molar-refractivity contribution is -0.131. The Balaban J connectivity index is 2.04. The van der Waals surface area contributed by atoms with Crippen molar-refractivity contribution in [3.05, 3.63) is 31.7 Å². The van der Waals surface area contributed by atoms with Gasteiger partial charge in [0.15, 0.2) is 0 Å². The molecule has 0 radical (unpaired) electrons. The third-order valence-corrected chi connectivity index (χ3v) is 6.88.